The summed E-state index contributed by atoms with van der Waals surface area (Å²) in [5.41, 5.74) is 14.6. The van der Waals surface area contributed by atoms with Crippen molar-refractivity contribution in [1.29, 1.82) is 0 Å². The second kappa shape index (κ2) is 7.19. The lowest BCUT2D eigenvalue weighted by Gasteiger charge is -2.35. The van der Waals surface area contributed by atoms with Gasteiger partial charge in [-0.1, -0.05) is 18.7 Å². The van der Waals surface area contributed by atoms with Crippen molar-refractivity contribution in [3.8, 4) is 0 Å². The Morgan fingerprint density at radius 1 is 1.52 bits per heavy atom. The van der Waals surface area contributed by atoms with Crippen LogP contribution in [0.4, 0.5) is 11.4 Å². The van der Waals surface area contributed by atoms with Gasteiger partial charge in [0.25, 0.3) is 5.91 Å². The number of amides is 1. The van der Waals surface area contributed by atoms with Crippen LogP contribution in [0.1, 0.15) is 30.1 Å². The number of benzene rings is 1. The van der Waals surface area contributed by atoms with Gasteiger partial charge in [0.1, 0.15) is 0 Å². The zero-order chi connectivity index (χ0) is 17.0. The number of carbonyl (C=O) groups is 1. The van der Waals surface area contributed by atoms with Crippen molar-refractivity contribution >= 4 is 17.3 Å². The number of hydrogen-bond donors (Lipinski definition) is 3. The molecule has 0 saturated heterocycles. The van der Waals surface area contributed by atoms with Crippen LogP contribution in [0, 0.1) is 0 Å². The highest BCUT2D eigenvalue weighted by molar-refractivity contribution is 6.05. The fourth-order valence-electron chi connectivity index (χ4n) is 2.52. The summed E-state index contributed by atoms with van der Waals surface area (Å²) in [4.78, 5) is 14.8. The lowest BCUT2D eigenvalue weighted by Crippen LogP contribution is -2.54. The van der Waals surface area contributed by atoms with Crippen LogP contribution >= 0.6 is 0 Å². The maximum Gasteiger partial charge on any atom is 0.274 e. The van der Waals surface area contributed by atoms with Gasteiger partial charge in [-0.2, -0.15) is 0 Å². The first kappa shape index (κ1) is 16.9. The second-order valence-electron chi connectivity index (χ2n) is 5.60. The monoisotopic (exact) mass is 315 g/mol. The zero-order valence-electron chi connectivity index (χ0n) is 13.8. The van der Waals surface area contributed by atoms with Crippen molar-refractivity contribution in [1.82, 2.24) is 15.4 Å². The van der Waals surface area contributed by atoms with Gasteiger partial charge in [0.2, 0.25) is 0 Å². The van der Waals surface area contributed by atoms with Gasteiger partial charge in [-0.15, -0.1) is 12.1 Å². The first-order valence-corrected chi connectivity index (χ1v) is 7.74. The topological polar surface area (TPSA) is 73.6 Å². The highest BCUT2D eigenvalue weighted by Gasteiger charge is 2.30. The molecule has 0 saturated carbocycles. The summed E-state index contributed by atoms with van der Waals surface area (Å²) in [5.74, 6) is -0.156. The van der Waals surface area contributed by atoms with E-state index in [1.807, 2.05) is 13.1 Å². The predicted octanol–water partition coefficient (Wildman–Crippen LogP) is 2.36. The SMILES string of the molecule is C=CC(CCC(=C)N(C)CC)N1NNc2cccc(N)c2C1=O. The van der Waals surface area contributed by atoms with Crippen LogP contribution in [-0.2, 0) is 0 Å². The maximum atomic E-state index is 12.7. The molecule has 1 aliphatic heterocycles. The van der Waals surface area contributed by atoms with Crippen LogP contribution in [0.3, 0.4) is 0 Å². The standard InChI is InChI=1S/C17H25N5O/c1-5-13(11-10-12(3)21(4)6-2)22-17(23)16-14(18)8-7-9-15(16)19-20-22/h5,7-9,13,19-20H,1,3,6,10-11,18H2,2,4H3. The Morgan fingerprint density at radius 3 is 2.91 bits per heavy atom. The highest BCUT2D eigenvalue weighted by Crippen LogP contribution is 2.27. The first-order valence-electron chi connectivity index (χ1n) is 7.74. The van der Waals surface area contributed by atoms with Crippen molar-refractivity contribution in [2.24, 2.45) is 0 Å². The van der Waals surface area contributed by atoms with E-state index in [0.29, 0.717) is 16.9 Å². The Morgan fingerprint density at radius 2 is 2.26 bits per heavy atom. The molecule has 1 aliphatic rings. The van der Waals surface area contributed by atoms with Crippen molar-refractivity contribution < 1.29 is 4.79 Å². The van der Waals surface area contributed by atoms with E-state index in [4.69, 9.17) is 5.73 Å². The molecule has 1 aromatic carbocycles. The number of nitrogens with zero attached hydrogens (tertiary/aromatic N) is 2. The number of nitrogens with one attached hydrogen (secondary N) is 2. The van der Waals surface area contributed by atoms with E-state index < -0.39 is 0 Å². The number of hydrogen-bond acceptors (Lipinski definition) is 5. The fraction of sp³-hybridized carbons (Fsp3) is 0.353. The molecular weight excluding hydrogens is 290 g/mol. The number of fused-ring (bicyclic) bond motifs is 1. The number of rotatable bonds is 7. The molecule has 0 fully saturated rings. The molecule has 4 N–H and O–H groups in total. The molecule has 23 heavy (non-hydrogen) atoms. The molecule has 0 aliphatic carbocycles. The molecule has 1 atom stereocenters. The lowest BCUT2D eigenvalue weighted by molar-refractivity contribution is 0.0594. The minimum absolute atomic E-state index is 0.156. The molecule has 1 heterocycles. The summed E-state index contributed by atoms with van der Waals surface area (Å²) in [5, 5.41) is 1.53. The third-order valence-electron chi connectivity index (χ3n) is 4.19. The Hall–Kier alpha value is -2.47. The van der Waals surface area contributed by atoms with E-state index in [2.05, 4.69) is 35.9 Å². The summed E-state index contributed by atoms with van der Waals surface area (Å²) in [6.07, 6.45) is 3.27. The number of nitrogen functional groups attached to an aromatic ring is 1. The number of allylic oxidation sites excluding steroid dienone is 1. The first-order chi connectivity index (χ1) is 11.0. The average Bonchev–Trinajstić information content (AvgIpc) is 2.56. The van der Waals surface area contributed by atoms with Gasteiger partial charge in [0, 0.05) is 25.0 Å². The van der Waals surface area contributed by atoms with E-state index in [-0.39, 0.29) is 11.9 Å². The van der Waals surface area contributed by atoms with E-state index in [0.717, 1.165) is 25.1 Å². The number of nitrogens with two attached hydrogens (primary N) is 1. The quantitative estimate of drug-likeness (QED) is 0.532. The molecule has 124 valence electrons. The minimum atomic E-state index is -0.162. The molecule has 2 rings (SSSR count). The van der Waals surface area contributed by atoms with Crippen molar-refractivity contribution in [3.63, 3.8) is 0 Å². The largest absolute Gasteiger partial charge is 0.398 e. The summed E-state index contributed by atoms with van der Waals surface area (Å²) in [6.45, 7) is 10.9. The second-order valence-corrected chi connectivity index (χ2v) is 5.60. The highest BCUT2D eigenvalue weighted by atomic mass is 16.2. The molecule has 6 heteroatoms. The van der Waals surface area contributed by atoms with E-state index in [1.54, 1.807) is 18.2 Å². The molecule has 1 unspecified atom stereocenters. The van der Waals surface area contributed by atoms with E-state index in [9.17, 15) is 4.79 Å². The van der Waals surface area contributed by atoms with Crippen LogP contribution in [0.5, 0.6) is 0 Å². The van der Waals surface area contributed by atoms with Gasteiger partial charge in [-0.25, -0.2) is 5.01 Å². The molecule has 0 bridgehead atoms. The van der Waals surface area contributed by atoms with Crippen LogP contribution < -0.4 is 16.7 Å². The number of carbonyl (C=O) groups excluding carboxylic acids is 1. The molecule has 1 amide bonds. The number of anilines is 2. The number of hydrazine groups is 2. The van der Waals surface area contributed by atoms with Gasteiger partial charge >= 0.3 is 0 Å². The van der Waals surface area contributed by atoms with Crippen LogP contribution in [0.15, 0.2) is 43.1 Å². The molecule has 1 aromatic rings. The van der Waals surface area contributed by atoms with Crippen molar-refractivity contribution in [2.75, 3.05) is 24.8 Å². The van der Waals surface area contributed by atoms with Crippen LogP contribution in [0.2, 0.25) is 0 Å². The Balaban J connectivity index is 2.11. The smallest absolute Gasteiger partial charge is 0.274 e. The summed E-state index contributed by atoms with van der Waals surface area (Å²) < 4.78 is 0. The third-order valence-corrected chi connectivity index (χ3v) is 4.19. The van der Waals surface area contributed by atoms with Gasteiger partial charge in [-0.05, 0) is 31.9 Å². The Kier molecular flexibility index (Phi) is 5.28. The van der Waals surface area contributed by atoms with E-state index >= 15 is 0 Å². The van der Waals surface area contributed by atoms with E-state index in [1.165, 1.54) is 5.01 Å². The summed E-state index contributed by atoms with van der Waals surface area (Å²) in [7, 11) is 2.01. The predicted molar refractivity (Wildman–Crippen MR) is 94.4 cm³/mol. The average molecular weight is 315 g/mol. The molecule has 0 aromatic heterocycles. The minimum Gasteiger partial charge on any atom is -0.398 e. The third kappa shape index (κ3) is 3.48. The van der Waals surface area contributed by atoms with Crippen LogP contribution in [-0.4, -0.2) is 35.5 Å². The molecular formula is C17H25N5O. The van der Waals surface area contributed by atoms with Crippen molar-refractivity contribution in [2.45, 2.75) is 25.8 Å². The lowest BCUT2D eigenvalue weighted by atomic mass is 10.1. The molecule has 0 spiro atoms. The molecule has 0 radical (unpaired) electrons. The van der Waals surface area contributed by atoms with Crippen LogP contribution in [0.25, 0.3) is 0 Å². The molecule has 6 nitrogen and oxygen atoms in total. The van der Waals surface area contributed by atoms with Gasteiger partial charge < -0.3 is 16.1 Å². The Labute approximate surface area is 137 Å². The summed E-state index contributed by atoms with van der Waals surface area (Å²) >= 11 is 0. The fourth-order valence-corrected chi connectivity index (χ4v) is 2.52. The maximum absolute atomic E-state index is 12.7. The normalized spacial score (nSPS) is 14.7. The van der Waals surface area contributed by atoms with Gasteiger partial charge in [0.05, 0.1) is 17.3 Å². The summed E-state index contributed by atoms with van der Waals surface area (Å²) in [6, 6.07) is 5.18. The van der Waals surface area contributed by atoms with Gasteiger partial charge in [0.15, 0.2) is 0 Å². The Bertz CT molecular complexity index is 613. The zero-order valence-corrected chi connectivity index (χ0v) is 13.8. The van der Waals surface area contributed by atoms with Crippen molar-refractivity contribution in [3.05, 3.63) is 48.7 Å². The van der Waals surface area contributed by atoms with Gasteiger partial charge in [-0.3, -0.25) is 4.79 Å².